The number of benzene rings is 3. The lowest BCUT2D eigenvalue weighted by molar-refractivity contribution is 0.415. The molecule has 0 radical (unpaired) electrons. The predicted molar refractivity (Wildman–Crippen MR) is 106 cm³/mol. The maximum Gasteiger partial charge on any atom is 0.162 e. The maximum absolute atomic E-state index is 13.9. The largest absolute Gasteiger partial charge is 0.497 e. The molecule has 4 rings (SSSR count). The van der Waals surface area contributed by atoms with Crippen molar-refractivity contribution in [3.8, 4) is 17.1 Å². The van der Waals surface area contributed by atoms with Crippen LogP contribution in [0.5, 0.6) is 5.75 Å². The lowest BCUT2D eigenvalue weighted by atomic mass is 10.1. The summed E-state index contributed by atoms with van der Waals surface area (Å²) in [5.41, 5.74) is 2.93. The van der Waals surface area contributed by atoms with E-state index in [1.54, 1.807) is 20.1 Å². The fourth-order valence-electron chi connectivity index (χ4n) is 2.85. The molecular weight excluding hydrogens is 341 g/mol. The lowest BCUT2D eigenvalue weighted by Crippen LogP contribution is -2.00. The molecule has 0 unspecified atom stereocenters. The third-order valence-electron chi connectivity index (χ3n) is 4.39. The first-order valence-electron chi connectivity index (χ1n) is 8.58. The monoisotopic (exact) mass is 359 g/mol. The van der Waals surface area contributed by atoms with Gasteiger partial charge in [-0.25, -0.2) is 14.4 Å². The summed E-state index contributed by atoms with van der Waals surface area (Å²) in [6.45, 7) is 1.74. The van der Waals surface area contributed by atoms with Crippen LogP contribution in [-0.2, 0) is 0 Å². The summed E-state index contributed by atoms with van der Waals surface area (Å²) in [7, 11) is 1.63. The van der Waals surface area contributed by atoms with Crippen molar-refractivity contribution in [3.63, 3.8) is 0 Å². The molecule has 0 amide bonds. The fourth-order valence-corrected chi connectivity index (χ4v) is 2.85. The Labute approximate surface area is 156 Å². The van der Waals surface area contributed by atoms with Crippen LogP contribution in [0.1, 0.15) is 5.56 Å². The number of nitrogens with one attached hydrogen (secondary N) is 1. The topological polar surface area (TPSA) is 47.0 Å². The first kappa shape index (κ1) is 17.0. The molecule has 3 aromatic carbocycles. The Hall–Kier alpha value is -3.47. The highest BCUT2D eigenvalue weighted by Crippen LogP contribution is 2.28. The second-order valence-corrected chi connectivity index (χ2v) is 6.23. The second-order valence-electron chi connectivity index (χ2n) is 6.23. The summed E-state index contributed by atoms with van der Waals surface area (Å²) in [6.07, 6.45) is 0. The van der Waals surface area contributed by atoms with Gasteiger partial charge in [0.1, 0.15) is 17.4 Å². The Morgan fingerprint density at radius 1 is 0.926 bits per heavy atom. The second kappa shape index (κ2) is 7.03. The molecule has 4 nitrogen and oxygen atoms in total. The molecule has 1 heterocycles. The third kappa shape index (κ3) is 3.44. The molecule has 0 aliphatic carbocycles. The molecule has 0 aliphatic heterocycles. The van der Waals surface area contributed by atoms with Crippen molar-refractivity contribution < 1.29 is 9.13 Å². The zero-order chi connectivity index (χ0) is 18.8. The smallest absolute Gasteiger partial charge is 0.162 e. The van der Waals surface area contributed by atoms with Gasteiger partial charge >= 0.3 is 0 Å². The molecular formula is C22H18FN3O. The molecule has 0 saturated heterocycles. The number of halogens is 1. The fraction of sp³-hybridized carbons (Fsp3) is 0.0909. The molecule has 134 valence electrons. The van der Waals surface area contributed by atoms with Crippen molar-refractivity contribution in [1.29, 1.82) is 0 Å². The minimum atomic E-state index is -0.256. The van der Waals surface area contributed by atoms with Gasteiger partial charge in [0, 0.05) is 16.6 Å². The first-order valence-corrected chi connectivity index (χ1v) is 8.58. The highest BCUT2D eigenvalue weighted by atomic mass is 19.1. The van der Waals surface area contributed by atoms with Crippen molar-refractivity contribution >= 4 is 22.4 Å². The Morgan fingerprint density at radius 3 is 2.44 bits per heavy atom. The van der Waals surface area contributed by atoms with E-state index in [2.05, 4.69) is 15.3 Å². The van der Waals surface area contributed by atoms with E-state index in [0.29, 0.717) is 22.9 Å². The zero-order valence-corrected chi connectivity index (χ0v) is 15.0. The quantitative estimate of drug-likeness (QED) is 0.523. The molecule has 1 N–H and O–H groups in total. The number of fused-ring (bicyclic) bond motifs is 1. The van der Waals surface area contributed by atoms with Crippen molar-refractivity contribution in [3.05, 3.63) is 78.1 Å². The average Bonchev–Trinajstić information content (AvgIpc) is 2.71. The number of aryl methyl sites for hydroxylation is 1. The van der Waals surface area contributed by atoms with Crippen LogP contribution >= 0.6 is 0 Å². The number of ether oxygens (including phenoxy) is 1. The number of nitrogens with zero attached hydrogens (tertiary/aromatic N) is 2. The molecule has 0 bridgehead atoms. The van der Waals surface area contributed by atoms with E-state index in [0.717, 1.165) is 22.2 Å². The van der Waals surface area contributed by atoms with Crippen molar-refractivity contribution in [2.75, 3.05) is 12.4 Å². The Kier molecular flexibility index (Phi) is 4.42. The highest BCUT2D eigenvalue weighted by Gasteiger charge is 2.10. The van der Waals surface area contributed by atoms with Gasteiger partial charge in [-0.05, 0) is 61.0 Å². The van der Waals surface area contributed by atoms with Gasteiger partial charge in [0.15, 0.2) is 5.82 Å². The molecule has 0 saturated carbocycles. The molecule has 4 aromatic rings. The molecule has 1 aromatic heterocycles. The summed E-state index contributed by atoms with van der Waals surface area (Å²) < 4.78 is 19.1. The molecule has 0 aliphatic rings. The van der Waals surface area contributed by atoms with Gasteiger partial charge in [-0.15, -0.1) is 0 Å². The highest BCUT2D eigenvalue weighted by molar-refractivity contribution is 5.92. The third-order valence-corrected chi connectivity index (χ3v) is 4.39. The molecule has 0 fully saturated rings. The number of anilines is 2. The first-order chi connectivity index (χ1) is 13.1. The van der Waals surface area contributed by atoms with E-state index in [4.69, 9.17) is 4.74 Å². The zero-order valence-electron chi connectivity index (χ0n) is 15.0. The van der Waals surface area contributed by atoms with Gasteiger partial charge < -0.3 is 10.1 Å². The van der Waals surface area contributed by atoms with E-state index in [-0.39, 0.29) is 5.82 Å². The SMILES string of the molecule is COc1ccc(-c2nc(Nc3ccc(C)c(F)c3)c3ccccc3n2)cc1. The van der Waals surface area contributed by atoms with Gasteiger partial charge in [0.2, 0.25) is 0 Å². The Morgan fingerprint density at radius 2 is 1.70 bits per heavy atom. The standard InChI is InChI=1S/C22H18FN3O/c1-14-7-10-16(13-19(14)23)24-22-18-5-3-4-6-20(18)25-21(26-22)15-8-11-17(27-2)12-9-15/h3-13H,1-2H3,(H,24,25,26). The van der Waals surface area contributed by atoms with Crippen molar-refractivity contribution in [2.24, 2.45) is 0 Å². The van der Waals surface area contributed by atoms with Gasteiger partial charge in [0.05, 0.1) is 12.6 Å². The summed E-state index contributed by atoms with van der Waals surface area (Å²) >= 11 is 0. The molecule has 0 spiro atoms. The summed E-state index contributed by atoms with van der Waals surface area (Å²) in [5.74, 6) is 1.74. The van der Waals surface area contributed by atoms with Gasteiger partial charge in [-0.1, -0.05) is 18.2 Å². The van der Waals surface area contributed by atoms with Crippen LogP contribution in [-0.4, -0.2) is 17.1 Å². The molecule has 0 atom stereocenters. The van der Waals surface area contributed by atoms with Crippen LogP contribution in [0.4, 0.5) is 15.9 Å². The summed E-state index contributed by atoms with van der Waals surface area (Å²) in [4.78, 5) is 9.36. The molecule has 27 heavy (non-hydrogen) atoms. The van der Waals surface area contributed by atoms with E-state index in [1.165, 1.54) is 6.07 Å². The number of hydrogen-bond acceptors (Lipinski definition) is 4. The Balaban J connectivity index is 1.81. The van der Waals surface area contributed by atoms with Gasteiger partial charge in [0.25, 0.3) is 0 Å². The van der Waals surface area contributed by atoms with Crippen LogP contribution in [0.25, 0.3) is 22.3 Å². The maximum atomic E-state index is 13.9. The van der Waals surface area contributed by atoms with Gasteiger partial charge in [-0.3, -0.25) is 0 Å². The average molecular weight is 359 g/mol. The van der Waals surface area contributed by atoms with Crippen molar-refractivity contribution in [2.45, 2.75) is 6.92 Å². The Bertz CT molecular complexity index is 1110. The summed E-state index contributed by atoms with van der Waals surface area (Å²) in [5, 5.41) is 4.10. The van der Waals surface area contributed by atoms with E-state index < -0.39 is 0 Å². The number of methoxy groups -OCH3 is 1. The van der Waals surface area contributed by atoms with Crippen LogP contribution < -0.4 is 10.1 Å². The van der Waals surface area contributed by atoms with E-state index in [9.17, 15) is 4.39 Å². The van der Waals surface area contributed by atoms with Gasteiger partial charge in [-0.2, -0.15) is 0 Å². The van der Waals surface area contributed by atoms with Crippen LogP contribution in [0.15, 0.2) is 66.7 Å². The number of hydrogen-bond donors (Lipinski definition) is 1. The minimum Gasteiger partial charge on any atom is -0.497 e. The van der Waals surface area contributed by atoms with Crippen LogP contribution in [0, 0.1) is 12.7 Å². The number of aromatic nitrogens is 2. The van der Waals surface area contributed by atoms with Crippen LogP contribution in [0.3, 0.4) is 0 Å². The normalized spacial score (nSPS) is 10.8. The van der Waals surface area contributed by atoms with E-state index >= 15 is 0 Å². The molecule has 5 heteroatoms. The van der Waals surface area contributed by atoms with Crippen molar-refractivity contribution in [1.82, 2.24) is 9.97 Å². The summed E-state index contributed by atoms with van der Waals surface area (Å²) in [6, 6.07) is 20.4. The van der Waals surface area contributed by atoms with Crippen LogP contribution in [0.2, 0.25) is 0 Å². The number of para-hydroxylation sites is 1. The number of rotatable bonds is 4. The van der Waals surface area contributed by atoms with E-state index in [1.807, 2.05) is 54.6 Å². The predicted octanol–water partition coefficient (Wildman–Crippen LogP) is 5.50. The minimum absolute atomic E-state index is 0.256. The lowest BCUT2D eigenvalue weighted by Gasteiger charge is -2.12.